The third kappa shape index (κ3) is 2.75. The molecule has 1 rings (SSSR count). The van der Waals surface area contributed by atoms with Gasteiger partial charge in [-0.1, -0.05) is 0 Å². The molecule has 0 spiro atoms. The van der Waals surface area contributed by atoms with Gasteiger partial charge in [-0.3, -0.25) is 0 Å². The van der Waals surface area contributed by atoms with E-state index in [2.05, 4.69) is 10.3 Å². The second-order valence-electron chi connectivity index (χ2n) is 4.44. The molecule has 0 saturated carbocycles. The van der Waals surface area contributed by atoms with Crippen LogP contribution < -0.4 is 5.32 Å². The van der Waals surface area contributed by atoms with Gasteiger partial charge in [0.1, 0.15) is 0 Å². The Labute approximate surface area is 96.8 Å². The molecule has 0 aliphatic heterocycles. The van der Waals surface area contributed by atoms with E-state index >= 15 is 0 Å². The van der Waals surface area contributed by atoms with Gasteiger partial charge in [-0.15, -0.1) is 0 Å². The van der Waals surface area contributed by atoms with Gasteiger partial charge in [0.2, 0.25) is 5.95 Å². The Morgan fingerprint density at radius 2 is 2.12 bits per heavy atom. The molecule has 0 saturated heterocycles. The van der Waals surface area contributed by atoms with Crippen LogP contribution in [0, 0.1) is 0 Å². The van der Waals surface area contributed by atoms with E-state index in [9.17, 15) is 8.42 Å². The number of hydrogen-bond acceptors (Lipinski definition) is 4. The molecule has 92 valence electrons. The van der Waals surface area contributed by atoms with Crippen LogP contribution in [0.5, 0.6) is 0 Å². The summed E-state index contributed by atoms with van der Waals surface area (Å²) >= 11 is 0. The highest BCUT2D eigenvalue weighted by Gasteiger charge is 2.31. The molecule has 1 N–H and O–H groups in total. The van der Waals surface area contributed by atoms with Crippen molar-refractivity contribution < 1.29 is 8.42 Å². The number of imidazole rings is 1. The third-order valence-corrected chi connectivity index (χ3v) is 4.74. The monoisotopic (exact) mass is 245 g/mol. The number of hydrogen-bond donors (Lipinski definition) is 1. The number of nitrogens with one attached hydrogen (secondary N) is 1. The van der Waals surface area contributed by atoms with Gasteiger partial charge in [-0.25, -0.2) is 13.4 Å². The summed E-state index contributed by atoms with van der Waals surface area (Å²) in [7, 11) is -3.09. The Hall–Kier alpha value is -1.04. The van der Waals surface area contributed by atoms with Gasteiger partial charge < -0.3 is 9.88 Å². The van der Waals surface area contributed by atoms with Crippen LogP contribution in [-0.4, -0.2) is 35.5 Å². The number of anilines is 1. The van der Waals surface area contributed by atoms with Crippen LogP contribution in [0.4, 0.5) is 5.95 Å². The van der Waals surface area contributed by atoms with Gasteiger partial charge in [0.15, 0.2) is 9.84 Å². The maximum atomic E-state index is 11.6. The topological polar surface area (TPSA) is 64.0 Å². The molecule has 5 nitrogen and oxygen atoms in total. The molecule has 1 aromatic rings. The zero-order chi connectivity index (χ0) is 12.4. The van der Waals surface area contributed by atoms with Crippen molar-refractivity contribution in [1.82, 2.24) is 9.55 Å². The summed E-state index contributed by atoms with van der Waals surface area (Å²) in [6.07, 6.45) is 4.71. The van der Waals surface area contributed by atoms with Crippen molar-refractivity contribution in [2.45, 2.75) is 32.1 Å². The fourth-order valence-corrected chi connectivity index (χ4v) is 1.66. The summed E-state index contributed by atoms with van der Waals surface area (Å²) in [5, 5.41) is 3.09. The van der Waals surface area contributed by atoms with Crippen molar-refractivity contribution in [1.29, 1.82) is 0 Å². The summed E-state index contributed by atoms with van der Waals surface area (Å²) in [6, 6.07) is 0. The van der Waals surface area contributed by atoms with Gasteiger partial charge in [0.25, 0.3) is 0 Å². The molecular formula is C10H19N3O2S. The summed E-state index contributed by atoms with van der Waals surface area (Å²) in [6.45, 7) is 6.57. The van der Waals surface area contributed by atoms with Crippen molar-refractivity contribution in [3.63, 3.8) is 0 Å². The fraction of sp³-hybridized carbons (Fsp3) is 0.700. The molecule has 0 aliphatic rings. The number of aromatic nitrogens is 2. The first-order valence-electron chi connectivity index (χ1n) is 5.22. The van der Waals surface area contributed by atoms with Gasteiger partial charge in [-0.2, -0.15) is 0 Å². The molecule has 1 aromatic heterocycles. The van der Waals surface area contributed by atoms with Crippen molar-refractivity contribution in [3.05, 3.63) is 12.4 Å². The summed E-state index contributed by atoms with van der Waals surface area (Å²) in [5.41, 5.74) is 0. The van der Waals surface area contributed by atoms with E-state index in [0.29, 0.717) is 12.5 Å². The lowest BCUT2D eigenvalue weighted by Gasteiger charge is -2.23. The van der Waals surface area contributed by atoms with Crippen molar-refractivity contribution in [2.75, 3.05) is 18.1 Å². The van der Waals surface area contributed by atoms with E-state index in [1.54, 1.807) is 26.2 Å². The number of rotatable bonds is 5. The van der Waals surface area contributed by atoms with Crippen LogP contribution in [0.1, 0.15) is 20.8 Å². The summed E-state index contributed by atoms with van der Waals surface area (Å²) in [4.78, 5) is 4.13. The van der Waals surface area contributed by atoms with E-state index in [1.165, 1.54) is 6.26 Å². The average molecular weight is 245 g/mol. The van der Waals surface area contributed by atoms with Crippen LogP contribution in [-0.2, 0) is 16.4 Å². The van der Waals surface area contributed by atoms with Crippen LogP contribution >= 0.6 is 0 Å². The van der Waals surface area contributed by atoms with E-state index in [1.807, 2.05) is 11.5 Å². The molecule has 1 heterocycles. The first-order valence-corrected chi connectivity index (χ1v) is 7.11. The predicted octanol–water partition coefficient (Wildman–Crippen LogP) is 1.14. The zero-order valence-electron chi connectivity index (χ0n) is 10.2. The predicted molar refractivity (Wildman–Crippen MR) is 65.3 cm³/mol. The molecule has 0 fully saturated rings. The lowest BCUT2D eigenvalue weighted by Crippen LogP contribution is -2.36. The van der Waals surface area contributed by atoms with Crippen LogP contribution in [0.25, 0.3) is 0 Å². The van der Waals surface area contributed by atoms with Crippen LogP contribution in [0.2, 0.25) is 0 Å². The highest BCUT2D eigenvalue weighted by Crippen LogP contribution is 2.19. The molecule has 0 aliphatic carbocycles. The molecule has 6 heteroatoms. The number of nitrogens with zero attached hydrogens (tertiary/aromatic N) is 2. The van der Waals surface area contributed by atoms with Crippen molar-refractivity contribution in [3.8, 4) is 0 Å². The normalized spacial score (nSPS) is 12.8. The Kier molecular flexibility index (Phi) is 3.62. The first-order chi connectivity index (χ1) is 7.28. The Morgan fingerprint density at radius 1 is 1.50 bits per heavy atom. The van der Waals surface area contributed by atoms with E-state index in [4.69, 9.17) is 0 Å². The maximum Gasteiger partial charge on any atom is 0.202 e. The highest BCUT2D eigenvalue weighted by molar-refractivity contribution is 7.92. The van der Waals surface area contributed by atoms with Crippen LogP contribution in [0.15, 0.2) is 12.4 Å². The minimum absolute atomic E-state index is 0.397. The quantitative estimate of drug-likeness (QED) is 0.845. The summed E-state index contributed by atoms with van der Waals surface area (Å²) < 4.78 is 24.2. The van der Waals surface area contributed by atoms with Gasteiger partial charge in [-0.05, 0) is 20.8 Å². The molecule has 0 bridgehead atoms. The SMILES string of the molecule is CCNc1nccn1CC(C)(C)S(C)(=O)=O. The van der Waals surface area contributed by atoms with Crippen LogP contribution in [0.3, 0.4) is 0 Å². The largest absolute Gasteiger partial charge is 0.356 e. The smallest absolute Gasteiger partial charge is 0.202 e. The standard InChI is InChI=1S/C10H19N3O2S/c1-5-11-9-12-6-7-13(9)8-10(2,3)16(4,14)15/h6-7H,5,8H2,1-4H3,(H,11,12). The second-order valence-corrected chi connectivity index (χ2v) is 7.09. The van der Waals surface area contributed by atoms with Gasteiger partial charge in [0, 0.05) is 31.7 Å². The van der Waals surface area contributed by atoms with Crippen molar-refractivity contribution >= 4 is 15.8 Å². The van der Waals surface area contributed by atoms with E-state index < -0.39 is 14.6 Å². The van der Waals surface area contributed by atoms with Crippen molar-refractivity contribution in [2.24, 2.45) is 0 Å². The highest BCUT2D eigenvalue weighted by atomic mass is 32.2. The zero-order valence-corrected chi connectivity index (χ0v) is 11.0. The summed E-state index contributed by atoms with van der Waals surface area (Å²) in [5.74, 6) is 0.708. The first kappa shape index (κ1) is 13.0. The average Bonchev–Trinajstić information content (AvgIpc) is 2.51. The minimum atomic E-state index is -3.09. The molecule has 0 aromatic carbocycles. The van der Waals surface area contributed by atoms with E-state index in [0.717, 1.165) is 6.54 Å². The number of sulfone groups is 1. The molecule has 0 amide bonds. The lowest BCUT2D eigenvalue weighted by molar-refractivity contribution is 0.505. The Morgan fingerprint density at radius 3 is 2.62 bits per heavy atom. The molecule has 16 heavy (non-hydrogen) atoms. The minimum Gasteiger partial charge on any atom is -0.356 e. The van der Waals surface area contributed by atoms with Gasteiger partial charge in [0.05, 0.1) is 4.75 Å². The lowest BCUT2D eigenvalue weighted by atomic mass is 10.2. The fourth-order valence-electron chi connectivity index (χ4n) is 1.29. The second kappa shape index (κ2) is 4.45. The molecular weight excluding hydrogens is 226 g/mol. The Balaban J connectivity index is 2.92. The van der Waals surface area contributed by atoms with E-state index in [-0.39, 0.29) is 0 Å². The molecule has 0 radical (unpaired) electrons. The molecule has 0 unspecified atom stereocenters. The molecule has 0 atom stereocenters. The third-order valence-electron chi connectivity index (χ3n) is 2.61. The Bertz CT molecular complexity index is 448. The maximum absolute atomic E-state index is 11.6. The van der Waals surface area contributed by atoms with Gasteiger partial charge >= 0.3 is 0 Å².